The molecule has 4 heteroatoms. The summed E-state index contributed by atoms with van der Waals surface area (Å²) in [5, 5.41) is 9.44. The monoisotopic (exact) mass is 237 g/mol. The molecule has 1 atom stereocenters. The molecule has 16 heavy (non-hydrogen) atoms. The normalized spacial score (nSPS) is 15.8. The lowest BCUT2D eigenvalue weighted by atomic mass is 10.2. The van der Waals surface area contributed by atoms with Gasteiger partial charge < -0.3 is 5.11 Å². The van der Waals surface area contributed by atoms with Gasteiger partial charge in [0.05, 0.1) is 5.03 Å². The van der Waals surface area contributed by atoms with Crippen molar-refractivity contribution < 1.29 is 9.90 Å². The predicted octanol–water partition coefficient (Wildman–Crippen LogP) is 2.53. The van der Waals surface area contributed by atoms with Gasteiger partial charge in [0.15, 0.2) is 0 Å². The first-order valence-electron chi connectivity index (χ1n) is 5.59. The van der Waals surface area contributed by atoms with Crippen LogP contribution in [0.25, 0.3) is 0 Å². The van der Waals surface area contributed by atoms with Crippen LogP contribution in [0.2, 0.25) is 0 Å². The number of fused-ring (bicyclic) bond motifs is 1. The minimum absolute atomic E-state index is 0.382. The van der Waals surface area contributed by atoms with Crippen molar-refractivity contribution in [2.24, 2.45) is 0 Å². The Labute approximate surface area is 99.3 Å². The fourth-order valence-electron chi connectivity index (χ4n) is 1.92. The van der Waals surface area contributed by atoms with Gasteiger partial charge in [-0.25, -0.2) is 4.98 Å². The summed E-state index contributed by atoms with van der Waals surface area (Å²) in [6.45, 7) is 1.89. The number of carbonyl (C=O) groups is 1. The Morgan fingerprint density at radius 3 is 3.06 bits per heavy atom. The summed E-state index contributed by atoms with van der Waals surface area (Å²) in [5.74, 6) is -0.755. The van der Waals surface area contributed by atoms with E-state index in [2.05, 4.69) is 11.1 Å². The molecule has 1 aliphatic rings. The Bertz CT molecular complexity index is 406. The molecule has 1 aromatic rings. The van der Waals surface area contributed by atoms with E-state index in [1.54, 1.807) is 0 Å². The lowest BCUT2D eigenvalue weighted by Gasteiger charge is -2.09. The summed E-state index contributed by atoms with van der Waals surface area (Å²) in [7, 11) is 0. The molecule has 1 N–H and O–H groups in total. The second-order valence-corrected chi connectivity index (χ2v) is 5.18. The van der Waals surface area contributed by atoms with Gasteiger partial charge in [-0.15, -0.1) is 0 Å². The Kier molecular flexibility index (Phi) is 3.49. The molecule has 86 valence electrons. The molecule has 0 bridgehead atoms. The van der Waals surface area contributed by atoms with Crippen molar-refractivity contribution in [3.05, 3.63) is 23.4 Å². The van der Waals surface area contributed by atoms with E-state index < -0.39 is 5.97 Å². The first-order chi connectivity index (χ1) is 7.70. The molecular weight excluding hydrogens is 222 g/mol. The average Bonchev–Trinajstić information content (AvgIpc) is 2.72. The van der Waals surface area contributed by atoms with Gasteiger partial charge in [-0.2, -0.15) is 0 Å². The number of thioether (sulfide) groups is 1. The zero-order chi connectivity index (χ0) is 11.5. The number of aromatic nitrogens is 1. The van der Waals surface area contributed by atoms with Crippen molar-refractivity contribution in [1.82, 2.24) is 4.98 Å². The van der Waals surface area contributed by atoms with Gasteiger partial charge in [0, 0.05) is 5.69 Å². The van der Waals surface area contributed by atoms with Crippen molar-refractivity contribution >= 4 is 17.7 Å². The largest absolute Gasteiger partial charge is 0.480 e. The van der Waals surface area contributed by atoms with Gasteiger partial charge in [-0.05, 0) is 37.3 Å². The molecule has 0 saturated heterocycles. The number of aryl methyl sites for hydroxylation is 2. The third-order valence-corrected chi connectivity index (χ3v) is 4.10. The standard InChI is InChI=1S/C12H15NO2S/c1-2-10(12(14)15)16-11-7-6-8-4-3-5-9(8)13-11/h6-7,10H,2-5H2,1H3,(H,14,15). The minimum atomic E-state index is -0.755. The van der Waals surface area contributed by atoms with Crippen molar-refractivity contribution in [1.29, 1.82) is 0 Å². The Morgan fingerprint density at radius 2 is 2.38 bits per heavy atom. The SMILES string of the molecule is CCC(Sc1ccc2c(n1)CCC2)C(=O)O. The Hall–Kier alpha value is -1.03. The van der Waals surface area contributed by atoms with Gasteiger partial charge in [0.1, 0.15) is 5.25 Å². The van der Waals surface area contributed by atoms with Crippen molar-refractivity contribution in [3.8, 4) is 0 Å². The molecule has 0 amide bonds. The number of carboxylic acid groups (broad SMARTS) is 1. The summed E-state index contributed by atoms with van der Waals surface area (Å²) in [4.78, 5) is 15.4. The van der Waals surface area contributed by atoms with Crippen LogP contribution in [0.15, 0.2) is 17.2 Å². The molecule has 0 saturated carbocycles. The predicted molar refractivity (Wildman–Crippen MR) is 63.8 cm³/mol. The van der Waals surface area contributed by atoms with E-state index in [4.69, 9.17) is 5.11 Å². The van der Waals surface area contributed by atoms with E-state index in [-0.39, 0.29) is 5.25 Å². The molecule has 0 fully saturated rings. The third-order valence-electron chi connectivity index (χ3n) is 2.81. The van der Waals surface area contributed by atoms with E-state index in [0.29, 0.717) is 6.42 Å². The van der Waals surface area contributed by atoms with E-state index in [1.807, 2.05) is 13.0 Å². The van der Waals surface area contributed by atoms with Crippen LogP contribution in [0.3, 0.4) is 0 Å². The van der Waals surface area contributed by atoms with Crippen LogP contribution in [-0.4, -0.2) is 21.3 Å². The summed E-state index contributed by atoms with van der Waals surface area (Å²) >= 11 is 1.35. The number of hydrogen-bond donors (Lipinski definition) is 1. The number of rotatable bonds is 4. The number of carboxylic acids is 1. The molecule has 2 rings (SSSR count). The van der Waals surface area contributed by atoms with Crippen LogP contribution in [-0.2, 0) is 17.6 Å². The molecule has 0 spiro atoms. The van der Waals surface area contributed by atoms with Crippen LogP contribution in [0, 0.1) is 0 Å². The zero-order valence-electron chi connectivity index (χ0n) is 9.27. The Morgan fingerprint density at radius 1 is 1.56 bits per heavy atom. The van der Waals surface area contributed by atoms with E-state index in [1.165, 1.54) is 23.7 Å². The highest BCUT2D eigenvalue weighted by Gasteiger charge is 2.19. The highest BCUT2D eigenvalue weighted by Crippen LogP contribution is 2.27. The van der Waals surface area contributed by atoms with E-state index in [0.717, 1.165) is 23.6 Å². The quantitative estimate of drug-likeness (QED) is 0.817. The van der Waals surface area contributed by atoms with Gasteiger partial charge in [0.25, 0.3) is 0 Å². The second-order valence-electron chi connectivity index (χ2n) is 3.96. The lowest BCUT2D eigenvalue weighted by Crippen LogP contribution is -2.15. The second kappa shape index (κ2) is 4.87. The number of pyridine rings is 1. The molecule has 3 nitrogen and oxygen atoms in total. The maximum atomic E-state index is 10.9. The van der Waals surface area contributed by atoms with Crippen LogP contribution < -0.4 is 0 Å². The van der Waals surface area contributed by atoms with Gasteiger partial charge in [-0.1, -0.05) is 24.8 Å². The molecule has 1 unspecified atom stereocenters. The molecule has 0 aromatic carbocycles. The summed E-state index contributed by atoms with van der Waals surface area (Å²) in [6.07, 6.45) is 3.95. The molecule has 1 aliphatic carbocycles. The van der Waals surface area contributed by atoms with Crippen molar-refractivity contribution in [3.63, 3.8) is 0 Å². The first kappa shape index (κ1) is 11.5. The highest BCUT2D eigenvalue weighted by molar-refractivity contribution is 8.00. The lowest BCUT2D eigenvalue weighted by molar-refractivity contribution is -0.136. The summed E-state index contributed by atoms with van der Waals surface area (Å²) in [5.41, 5.74) is 2.48. The average molecular weight is 237 g/mol. The van der Waals surface area contributed by atoms with Gasteiger partial charge in [-0.3, -0.25) is 4.79 Å². The van der Waals surface area contributed by atoms with E-state index in [9.17, 15) is 4.79 Å². The fourth-order valence-corrected chi connectivity index (χ4v) is 2.79. The van der Waals surface area contributed by atoms with Crippen LogP contribution in [0.1, 0.15) is 31.0 Å². The number of nitrogens with zero attached hydrogens (tertiary/aromatic N) is 1. The summed E-state index contributed by atoms with van der Waals surface area (Å²) in [6, 6.07) is 4.03. The highest BCUT2D eigenvalue weighted by atomic mass is 32.2. The number of aliphatic carboxylic acids is 1. The van der Waals surface area contributed by atoms with E-state index >= 15 is 0 Å². The maximum Gasteiger partial charge on any atom is 0.317 e. The van der Waals surface area contributed by atoms with Gasteiger partial charge >= 0.3 is 5.97 Å². The molecule has 1 aromatic heterocycles. The molecular formula is C12H15NO2S. The first-order valence-corrected chi connectivity index (χ1v) is 6.47. The smallest absolute Gasteiger partial charge is 0.317 e. The fraction of sp³-hybridized carbons (Fsp3) is 0.500. The Balaban J connectivity index is 2.13. The van der Waals surface area contributed by atoms with Crippen molar-refractivity contribution in [2.75, 3.05) is 0 Å². The maximum absolute atomic E-state index is 10.9. The van der Waals surface area contributed by atoms with Crippen molar-refractivity contribution in [2.45, 2.75) is 42.9 Å². The molecule has 0 aliphatic heterocycles. The zero-order valence-corrected chi connectivity index (χ0v) is 10.1. The topological polar surface area (TPSA) is 50.2 Å². The molecule has 1 heterocycles. The third kappa shape index (κ3) is 2.38. The van der Waals surface area contributed by atoms with Crippen LogP contribution >= 0.6 is 11.8 Å². The molecule has 0 radical (unpaired) electrons. The minimum Gasteiger partial charge on any atom is -0.480 e. The summed E-state index contributed by atoms with van der Waals surface area (Å²) < 4.78 is 0. The van der Waals surface area contributed by atoms with Crippen LogP contribution in [0.4, 0.5) is 0 Å². The van der Waals surface area contributed by atoms with Crippen LogP contribution in [0.5, 0.6) is 0 Å². The number of hydrogen-bond acceptors (Lipinski definition) is 3. The van der Waals surface area contributed by atoms with Gasteiger partial charge in [0.2, 0.25) is 0 Å².